The lowest BCUT2D eigenvalue weighted by Gasteiger charge is -1.98. The van der Waals surface area contributed by atoms with E-state index in [0.717, 1.165) is 4.70 Å². The zero-order valence-corrected chi connectivity index (χ0v) is 8.72. The number of carbonyl (C=O) groups is 1. The predicted molar refractivity (Wildman–Crippen MR) is 53.8 cm³/mol. The monoisotopic (exact) mass is 228 g/mol. The molecule has 2 rings (SSSR count). The van der Waals surface area contributed by atoms with E-state index in [9.17, 15) is 4.79 Å². The molecule has 0 saturated heterocycles. The highest BCUT2D eigenvalue weighted by molar-refractivity contribution is 7.17. The van der Waals surface area contributed by atoms with Gasteiger partial charge in [0.15, 0.2) is 5.15 Å². The summed E-state index contributed by atoms with van der Waals surface area (Å²) in [5.74, 6) is -0.594. The van der Waals surface area contributed by atoms with Crippen LogP contribution < -0.4 is 0 Å². The van der Waals surface area contributed by atoms with Gasteiger partial charge in [-0.2, -0.15) is 0 Å². The quantitative estimate of drug-likeness (QED) is 0.554. The van der Waals surface area contributed by atoms with E-state index in [2.05, 4.69) is 14.7 Å². The Bertz CT molecular complexity index is 497. The molecule has 2 aromatic rings. The van der Waals surface area contributed by atoms with Crippen LogP contribution in [0.25, 0.3) is 10.2 Å². The number of halogens is 1. The molecule has 0 saturated carbocycles. The molecule has 0 aliphatic rings. The molecular weight excluding hydrogens is 224 g/mol. The van der Waals surface area contributed by atoms with Crippen LogP contribution in [0.5, 0.6) is 0 Å². The lowest BCUT2D eigenvalue weighted by Crippen LogP contribution is -2.07. The number of thiophene rings is 1. The van der Waals surface area contributed by atoms with Crippen molar-refractivity contribution in [2.45, 2.75) is 0 Å². The molecule has 0 spiro atoms. The first-order valence-electron chi connectivity index (χ1n) is 3.71. The normalized spacial score (nSPS) is 10.4. The van der Waals surface area contributed by atoms with Gasteiger partial charge in [0.05, 0.1) is 17.3 Å². The number of nitrogens with zero attached hydrogens (tertiary/aromatic N) is 2. The summed E-state index contributed by atoms with van der Waals surface area (Å²) < 4.78 is 5.27. The lowest BCUT2D eigenvalue weighted by atomic mass is 10.4. The molecule has 0 aliphatic carbocycles. The summed E-state index contributed by atoms with van der Waals surface area (Å²) in [6.07, 6.45) is 0. The average molecular weight is 229 g/mol. The lowest BCUT2D eigenvalue weighted by molar-refractivity contribution is 0.0587. The maximum atomic E-state index is 11.1. The molecule has 2 aromatic heterocycles. The van der Waals surface area contributed by atoms with Gasteiger partial charge in [0.1, 0.15) is 0 Å². The van der Waals surface area contributed by atoms with Gasteiger partial charge in [0, 0.05) is 0 Å². The highest BCUT2D eigenvalue weighted by atomic mass is 35.5. The van der Waals surface area contributed by atoms with Crippen LogP contribution in [-0.4, -0.2) is 23.0 Å². The summed E-state index contributed by atoms with van der Waals surface area (Å²) >= 11 is 7.29. The van der Waals surface area contributed by atoms with Crippen LogP contribution in [0.1, 0.15) is 10.6 Å². The molecular formula is C8H5ClN2O2S. The summed E-state index contributed by atoms with van der Waals surface area (Å²) in [6, 6.07) is 1.78. The van der Waals surface area contributed by atoms with E-state index in [1.807, 2.05) is 5.38 Å². The van der Waals surface area contributed by atoms with Crippen molar-refractivity contribution in [1.82, 2.24) is 9.97 Å². The average Bonchev–Trinajstić information content (AvgIpc) is 2.64. The van der Waals surface area contributed by atoms with Gasteiger partial charge in [-0.05, 0) is 11.4 Å². The van der Waals surface area contributed by atoms with E-state index in [0.29, 0.717) is 5.52 Å². The van der Waals surface area contributed by atoms with Crippen LogP contribution in [0.15, 0.2) is 11.4 Å². The number of esters is 1. The zero-order chi connectivity index (χ0) is 10.1. The second-order valence-corrected chi connectivity index (χ2v) is 3.74. The topological polar surface area (TPSA) is 52.1 Å². The van der Waals surface area contributed by atoms with Gasteiger partial charge in [-0.15, -0.1) is 11.3 Å². The van der Waals surface area contributed by atoms with Gasteiger partial charge >= 0.3 is 5.97 Å². The zero-order valence-electron chi connectivity index (χ0n) is 7.15. The fourth-order valence-corrected chi connectivity index (χ4v) is 2.03. The largest absolute Gasteiger partial charge is 0.463 e. The summed E-state index contributed by atoms with van der Waals surface area (Å²) in [7, 11) is 1.28. The second kappa shape index (κ2) is 3.51. The van der Waals surface area contributed by atoms with E-state index < -0.39 is 5.97 Å². The van der Waals surface area contributed by atoms with Crippen molar-refractivity contribution in [3.05, 3.63) is 22.4 Å². The van der Waals surface area contributed by atoms with E-state index in [-0.39, 0.29) is 11.0 Å². The Hall–Kier alpha value is -1.20. The van der Waals surface area contributed by atoms with Crippen LogP contribution in [-0.2, 0) is 4.74 Å². The molecule has 0 atom stereocenters. The molecule has 72 valence electrons. The van der Waals surface area contributed by atoms with Crippen LogP contribution in [0.4, 0.5) is 0 Å². The van der Waals surface area contributed by atoms with Gasteiger partial charge in [-0.1, -0.05) is 11.6 Å². The highest BCUT2D eigenvalue weighted by Gasteiger charge is 2.13. The molecule has 14 heavy (non-hydrogen) atoms. The van der Waals surface area contributed by atoms with Crippen molar-refractivity contribution in [3.8, 4) is 0 Å². The summed E-state index contributed by atoms with van der Waals surface area (Å²) in [5, 5.41) is 2.12. The molecule has 4 nitrogen and oxygen atoms in total. The Morgan fingerprint density at radius 3 is 3.07 bits per heavy atom. The van der Waals surface area contributed by atoms with Gasteiger partial charge < -0.3 is 4.74 Å². The van der Waals surface area contributed by atoms with Crippen molar-refractivity contribution in [1.29, 1.82) is 0 Å². The molecule has 0 amide bonds. The first kappa shape index (κ1) is 9.36. The fraction of sp³-hybridized carbons (Fsp3) is 0.125. The van der Waals surface area contributed by atoms with Gasteiger partial charge in [-0.25, -0.2) is 14.8 Å². The van der Waals surface area contributed by atoms with Crippen LogP contribution in [0.3, 0.4) is 0 Å². The standard InChI is InChI=1S/C8H5ClN2O2S/c1-13-8(12)7-10-4-2-3-14-5(4)6(9)11-7/h2-3H,1H3. The number of ether oxygens (including phenoxy) is 1. The number of carbonyl (C=O) groups excluding carboxylic acids is 1. The fourth-order valence-electron chi connectivity index (χ4n) is 1.01. The van der Waals surface area contributed by atoms with Gasteiger partial charge in [-0.3, -0.25) is 0 Å². The molecule has 0 unspecified atom stereocenters. The highest BCUT2D eigenvalue weighted by Crippen LogP contribution is 2.25. The minimum Gasteiger partial charge on any atom is -0.463 e. The number of fused-ring (bicyclic) bond motifs is 1. The number of aromatic nitrogens is 2. The van der Waals surface area contributed by atoms with E-state index in [4.69, 9.17) is 11.6 Å². The smallest absolute Gasteiger partial charge is 0.376 e. The molecule has 6 heteroatoms. The molecule has 0 aromatic carbocycles. The molecule has 0 fully saturated rings. The molecule has 0 radical (unpaired) electrons. The van der Waals surface area contributed by atoms with E-state index in [1.165, 1.54) is 18.4 Å². The third-order valence-corrected chi connectivity index (χ3v) is 2.93. The summed E-state index contributed by atoms with van der Waals surface area (Å²) in [6.45, 7) is 0. The Balaban J connectivity index is 2.64. The number of hydrogen-bond donors (Lipinski definition) is 0. The van der Waals surface area contributed by atoms with Crippen molar-refractivity contribution in [3.63, 3.8) is 0 Å². The third kappa shape index (κ3) is 1.44. The number of rotatable bonds is 1. The maximum Gasteiger partial charge on any atom is 0.376 e. The number of hydrogen-bond acceptors (Lipinski definition) is 5. The molecule has 2 heterocycles. The minimum absolute atomic E-state index is 0.0107. The van der Waals surface area contributed by atoms with Crippen molar-refractivity contribution >= 4 is 39.1 Å². The van der Waals surface area contributed by atoms with Gasteiger partial charge in [0.2, 0.25) is 5.82 Å². The summed E-state index contributed by atoms with van der Waals surface area (Å²) in [5.41, 5.74) is 0.662. The Kier molecular flexibility index (Phi) is 2.35. The predicted octanol–water partition coefficient (Wildman–Crippen LogP) is 2.13. The first-order chi connectivity index (χ1) is 6.72. The molecule has 0 aliphatic heterocycles. The van der Waals surface area contributed by atoms with Crippen molar-refractivity contribution < 1.29 is 9.53 Å². The third-order valence-electron chi connectivity index (χ3n) is 1.63. The Morgan fingerprint density at radius 2 is 2.36 bits per heavy atom. The molecule has 0 N–H and O–H groups in total. The van der Waals surface area contributed by atoms with E-state index in [1.54, 1.807) is 6.07 Å². The van der Waals surface area contributed by atoms with Crippen molar-refractivity contribution in [2.24, 2.45) is 0 Å². The first-order valence-corrected chi connectivity index (χ1v) is 4.97. The second-order valence-electron chi connectivity index (χ2n) is 2.46. The summed E-state index contributed by atoms with van der Waals surface area (Å²) in [4.78, 5) is 19.0. The SMILES string of the molecule is COC(=O)c1nc(Cl)c2sccc2n1. The maximum absolute atomic E-state index is 11.1. The van der Waals surface area contributed by atoms with Crippen LogP contribution in [0, 0.1) is 0 Å². The van der Waals surface area contributed by atoms with Crippen LogP contribution in [0.2, 0.25) is 5.15 Å². The van der Waals surface area contributed by atoms with Crippen LogP contribution >= 0.6 is 22.9 Å². The Labute approximate surface area is 88.5 Å². The van der Waals surface area contributed by atoms with E-state index >= 15 is 0 Å². The Morgan fingerprint density at radius 1 is 1.57 bits per heavy atom. The number of methoxy groups -OCH3 is 1. The van der Waals surface area contributed by atoms with Gasteiger partial charge in [0.25, 0.3) is 0 Å². The molecule has 0 bridgehead atoms. The minimum atomic E-state index is -0.583. The van der Waals surface area contributed by atoms with Crippen molar-refractivity contribution in [2.75, 3.05) is 7.11 Å².